The second kappa shape index (κ2) is 15.2. The Morgan fingerprint density at radius 2 is 1.62 bits per heavy atom. The lowest BCUT2D eigenvalue weighted by molar-refractivity contribution is -0.884. The van der Waals surface area contributed by atoms with Gasteiger partial charge in [0.15, 0.2) is 0 Å². The van der Waals surface area contributed by atoms with Gasteiger partial charge in [-0.1, -0.05) is 6.92 Å². The Hall–Kier alpha value is -0.653. The summed E-state index contributed by atoms with van der Waals surface area (Å²) in [7, 11) is 0.931. The number of thioether (sulfide) groups is 1. The number of nitrogens with zero attached hydrogens (tertiary/aromatic N) is 1. The van der Waals surface area contributed by atoms with Crippen molar-refractivity contribution in [3.63, 3.8) is 0 Å². The van der Waals surface area contributed by atoms with Crippen LogP contribution in [0.3, 0.4) is 0 Å². The van der Waals surface area contributed by atoms with Crippen molar-refractivity contribution in [3.8, 4) is 0 Å². The molecule has 29 heavy (non-hydrogen) atoms. The lowest BCUT2D eigenvalue weighted by atomic mass is 10.2. The molecule has 1 atom stereocenters. The van der Waals surface area contributed by atoms with E-state index >= 15 is 0 Å². The monoisotopic (exact) mass is 453 g/mol. The van der Waals surface area contributed by atoms with Crippen LogP contribution < -0.4 is 5.11 Å². The highest BCUT2D eigenvalue weighted by atomic mass is 32.2. The minimum atomic E-state index is -2.59. The van der Waals surface area contributed by atoms with Gasteiger partial charge in [-0.15, -0.1) is 0 Å². The number of hydrogen-bond donors (Lipinski definition) is 0. The summed E-state index contributed by atoms with van der Waals surface area (Å²) in [5.74, 6) is -0.0363. The first-order chi connectivity index (χ1) is 13.6. The Balaban J connectivity index is 4.16. The van der Waals surface area contributed by atoms with Gasteiger partial charge in [-0.25, -0.2) is 0 Å². The molecule has 0 saturated carbocycles. The Kier molecular flexibility index (Phi) is 14.9. The highest BCUT2D eigenvalue weighted by Gasteiger charge is 2.39. The van der Waals surface area contributed by atoms with Crippen molar-refractivity contribution >= 4 is 32.5 Å². The van der Waals surface area contributed by atoms with Crippen LogP contribution in [0.15, 0.2) is 0 Å². The van der Waals surface area contributed by atoms with Crippen LogP contribution in [0.1, 0.15) is 34.1 Å². The van der Waals surface area contributed by atoms with Crippen LogP contribution in [0, 0.1) is 5.92 Å². The summed E-state index contributed by atoms with van der Waals surface area (Å²) in [4.78, 5) is 22.8. The number of aliphatic carboxylic acids is 1. The smallest absolute Gasteiger partial charge is 0.500 e. The van der Waals surface area contributed by atoms with E-state index in [1.54, 1.807) is 25.9 Å². The van der Waals surface area contributed by atoms with Crippen LogP contribution >= 0.6 is 11.8 Å². The molecule has 8 nitrogen and oxygen atoms in total. The summed E-state index contributed by atoms with van der Waals surface area (Å²) in [5.41, 5.74) is 0. The first kappa shape index (κ1) is 28.3. The fraction of sp³-hybridized carbons (Fsp3) is 0.895. The number of carbonyl (C=O) groups excluding carboxylic acids is 2. The molecule has 0 saturated heterocycles. The third kappa shape index (κ3) is 13.3. The van der Waals surface area contributed by atoms with E-state index in [1.807, 2.05) is 27.7 Å². The fourth-order valence-electron chi connectivity index (χ4n) is 2.68. The fourth-order valence-corrected chi connectivity index (χ4v) is 6.56. The third-order valence-corrected chi connectivity index (χ3v) is 8.60. The SMILES string of the molecule is CCO[Si](CCCSCC(C)C(=O)OCC[N+](C)(C)CC(=O)[O-])(OCC)OCC. The molecule has 0 spiro atoms. The van der Waals surface area contributed by atoms with Gasteiger partial charge in [0.25, 0.3) is 0 Å². The average Bonchev–Trinajstić information content (AvgIpc) is 2.60. The number of quaternary nitrogens is 1. The lowest BCUT2D eigenvalue weighted by Crippen LogP contribution is -2.50. The van der Waals surface area contributed by atoms with Gasteiger partial charge in [-0.05, 0) is 32.9 Å². The van der Waals surface area contributed by atoms with Crippen LogP contribution in [0.4, 0.5) is 0 Å². The molecule has 0 rings (SSSR count). The first-order valence-electron chi connectivity index (χ1n) is 10.3. The molecule has 0 aromatic rings. The highest BCUT2D eigenvalue weighted by molar-refractivity contribution is 7.99. The van der Waals surface area contributed by atoms with Gasteiger partial charge in [0.05, 0.1) is 26.0 Å². The van der Waals surface area contributed by atoms with Gasteiger partial charge in [0, 0.05) is 31.6 Å². The molecule has 0 radical (unpaired) electrons. The maximum atomic E-state index is 12.1. The minimum Gasteiger partial charge on any atom is -0.544 e. The number of ether oxygens (including phenoxy) is 1. The van der Waals surface area contributed by atoms with Crippen LogP contribution in [-0.2, 0) is 27.6 Å². The van der Waals surface area contributed by atoms with E-state index in [9.17, 15) is 14.7 Å². The van der Waals surface area contributed by atoms with Crippen molar-refractivity contribution < 1.29 is 37.2 Å². The minimum absolute atomic E-state index is 0.112. The normalized spacial score (nSPS) is 13.3. The summed E-state index contributed by atoms with van der Waals surface area (Å²) in [6.07, 6.45) is 0.896. The molecule has 172 valence electrons. The molecular weight excluding hydrogens is 414 g/mol. The quantitative estimate of drug-likeness (QED) is 0.132. The van der Waals surface area contributed by atoms with Gasteiger partial charge in [-0.2, -0.15) is 11.8 Å². The number of likely N-dealkylation sites (N-methyl/N-ethyl adjacent to an activating group) is 1. The summed E-state index contributed by atoms with van der Waals surface area (Å²) in [6, 6.07) is 0.764. The predicted molar refractivity (Wildman–Crippen MR) is 114 cm³/mol. The molecule has 10 heteroatoms. The van der Waals surface area contributed by atoms with Gasteiger partial charge in [0.1, 0.15) is 19.7 Å². The standard InChI is InChI=1S/C19H39NO7SSi/c1-7-25-29(26-8-2,27-9-3)14-10-13-28-16-17(4)19(23)24-12-11-20(5,6)15-18(21)22/h17H,7-16H2,1-6H3. The average molecular weight is 454 g/mol. The Bertz CT molecular complexity index is 462. The third-order valence-electron chi connectivity index (χ3n) is 4.13. The molecule has 0 aromatic carbocycles. The van der Waals surface area contributed by atoms with Crippen LogP contribution in [0.25, 0.3) is 0 Å². The topological polar surface area (TPSA) is 94.1 Å². The Labute approximate surface area is 181 Å². The maximum absolute atomic E-state index is 12.1. The molecule has 0 aliphatic carbocycles. The van der Waals surface area contributed by atoms with Crippen molar-refractivity contribution in [2.75, 3.05) is 65.1 Å². The number of carboxylic acid groups (broad SMARTS) is 1. The predicted octanol–water partition coefficient (Wildman–Crippen LogP) is 1.16. The van der Waals surface area contributed by atoms with Crippen molar-refractivity contribution in [1.29, 1.82) is 0 Å². The number of esters is 1. The zero-order chi connectivity index (χ0) is 22.3. The zero-order valence-corrected chi connectivity index (χ0v) is 20.7. The summed E-state index contributed by atoms with van der Waals surface area (Å²) in [5, 5.41) is 10.7. The molecule has 1 unspecified atom stereocenters. The molecule has 0 fully saturated rings. The number of rotatable bonds is 18. The number of carboxylic acids is 1. The molecule has 0 N–H and O–H groups in total. The largest absolute Gasteiger partial charge is 0.544 e. The molecule has 0 bridgehead atoms. The van der Waals surface area contributed by atoms with Gasteiger partial charge in [0.2, 0.25) is 0 Å². The molecule has 0 aliphatic heterocycles. The van der Waals surface area contributed by atoms with E-state index in [1.165, 1.54) is 0 Å². The molecule has 0 amide bonds. The maximum Gasteiger partial charge on any atom is 0.500 e. The molecule has 0 aromatic heterocycles. The van der Waals surface area contributed by atoms with Crippen molar-refractivity contribution in [2.24, 2.45) is 5.92 Å². The second-order valence-corrected chi connectivity index (χ2v) is 11.3. The van der Waals surface area contributed by atoms with Gasteiger partial charge in [-0.3, -0.25) is 4.79 Å². The summed E-state index contributed by atoms with van der Waals surface area (Å²) in [6.45, 7) is 9.90. The number of carbonyl (C=O) groups is 2. The van der Waals surface area contributed by atoms with Crippen molar-refractivity contribution in [1.82, 2.24) is 0 Å². The first-order valence-corrected chi connectivity index (χ1v) is 13.4. The van der Waals surface area contributed by atoms with Crippen LogP contribution in [0.2, 0.25) is 6.04 Å². The molecular formula is C19H39NO7SSi. The van der Waals surface area contributed by atoms with Gasteiger partial charge >= 0.3 is 14.8 Å². The van der Waals surface area contributed by atoms with E-state index in [0.29, 0.717) is 32.1 Å². The lowest BCUT2D eigenvalue weighted by Gasteiger charge is -2.29. The van der Waals surface area contributed by atoms with E-state index < -0.39 is 14.8 Å². The van der Waals surface area contributed by atoms with Crippen molar-refractivity contribution in [3.05, 3.63) is 0 Å². The molecule has 0 aliphatic rings. The van der Waals surface area contributed by atoms with Gasteiger partial charge < -0.3 is 32.4 Å². The van der Waals surface area contributed by atoms with E-state index in [4.69, 9.17) is 18.0 Å². The Morgan fingerprint density at radius 1 is 1.07 bits per heavy atom. The van der Waals surface area contributed by atoms with Crippen molar-refractivity contribution in [2.45, 2.75) is 40.2 Å². The van der Waals surface area contributed by atoms with E-state index in [2.05, 4.69) is 0 Å². The van der Waals surface area contributed by atoms with Crippen LogP contribution in [0.5, 0.6) is 0 Å². The summed E-state index contributed by atoms with van der Waals surface area (Å²) < 4.78 is 23.0. The number of hydrogen-bond acceptors (Lipinski definition) is 8. The van der Waals surface area contributed by atoms with Crippen LogP contribution in [-0.4, -0.2) is 90.3 Å². The Morgan fingerprint density at radius 3 is 2.10 bits per heavy atom. The highest BCUT2D eigenvalue weighted by Crippen LogP contribution is 2.21. The van der Waals surface area contributed by atoms with E-state index in [-0.39, 0.29) is 29.5 Å². The molecule has 0 heterocycles. The second-order valence-electron chi connectivity index (χ2n) is 7.42. The summed E-state index contributed by atoms with van der Waals surface area (Å²) >= 11 is 1.70. The zero-order valence-electron chi connectivity index (χ0n) is 18.9. The van der Waals surface area contributed by atoms with E-state index in [0.717, 1.165) is 18.2 Å².